The summed E-state index contributed by atoms with van der Waals surface area (Å²) >= 11 is 0. The summed E-state index contributed by atoms with van der Waals surface area (Å²) in [6.45, 7) is 6.44. The molecule has 27 heteroatoms. The molecule has 7 aromatic rings. The van der Waals surface area contributed by atoms with Crippen LogP contribution in [0.5, 0.6) is 17.2 Å². The number of nitrogens with zero attached hydrogens (tertiary/aromatic N) is 9. The summed E-state index contributed by atoms with van der Waals surface area (Å²) in [6.07, 6.45) is -0.253. The van der Waals surface area contributed by atoms with Crippen molar-refractivity contribution in [3.05, 3.63) is 148 Å². The van der Waals surface area contributed by atoms with E-state index in [1.165, 1.54) is 18.2 Å². The summed E-state index contributed by atoms with van der Waals surface area (Å²) in [6, 6.07) is 30.8. The first kappa shape index (κ1) is 56.3. The van der Waals surface area contributed by atoms with Crippen LogP contribution < -0.4 is 14.8 Å². The molecule has 0 atom stereocenters. The summed E-state index contributed by atoms with van der Waals surface area (Å²) in [4.78, 5) is 9.54. The second kappa shape index (κ2) is 24.0. The number of nitro groups is 1. The summed E-state index contributed by atoms with van der Waals surface area (Å²) in [5.41, 5.74) is 4.76. The van der Waals surface area contributed by atoms with E-state index < -0.39 is 63.1 Å². The molecule has 0 aromatic heterocycles. The molecule has 0 fully saturated rings. The maximum atomic E-state index is 12.1. The second-order valence-corrected chi connectivity index (χ2v) is 21.7. The highest BCUT2D eigenvalue weighted by atomic mass is 32.2. The third kappa shape index (κ3) is 15.6. The number of aryl methyl sites for hydroxylation is 4. The quantitative estimate of drug-likeness (QED) is 0.0138. The fourth-order valence-corrected chi connectivity index (χ4v) is 8.87. The minimum Gasteiger partial charge on any atom is -0.505 e. The van der Waals surface area contributed by atoms with Gasteiger partial charge in [0.05, 0.1) is 52.4 Å². The van der Waals surface area contributed by atoms with Gasteiger partial charge < -0.3 is 19.9 Å². The molecule has 0 saturated carbocycles. The molecule has 77 heavy (non-hydrogen) atoms. The number of non-ortho nitro benzene ring substituents is 1. The fourth-order valence-electron chi connectivity index (χ4n) is 7.26. The number of nitro benzene ring substituents is 1. The zero-order valence-corrected chi connectivity index (χ0v) is 43.8. The Morgan fingerprint density at radius 2 is 0.948 bits per heavy atom. The maximum Gasteiger partial charge on any atom is 0.297 e. The van der Waals surface area contributed by atoms with Crippen LogP contribution in [-0.2, 0) is 30.4 Å². The highest BCUT2D eigenvalue weighted by Crippen LogP contribution is 2.42. The number of hydrogen-bond donors (Lipinski definition) is 5. The van der Waals surface area contributed by atoms with Gasteiger partial charge in [-0.2, -0.15) is 45.7 Å². The van der Waals surface area contributed by atoms with Crippen molar-refractivity contribution in [2.75, 3.05) is 30.0 Å². The maximum absolute atomic E-state index is 12.1. The third-order valence-corrected chi connectivity index (χ3v) is 13.7. The van der Waals surface area contributed by atoms with Gasteiger partial charge in [0, 0.05) is 41.0 Å². The van der Waals surface area contributed by atoms with Gasteiger partial charge in [0.15, 0.2) is 5.75 Å². The number of azo groups is 4. The van der Waals surface area contributed by atoms with E-state index in [1.807, 2.05) is 48.5 Å². The van der Waals surface area contributed by atoms with Gasteiger partial charge >= 0.3 is 0 Å². The number of fused-ring (bicyclic) bond motifs is 1. The molecular weight excluding hydrogens is 1060 g/mol. The van der Waals surface area contributed by atoms with Gasteiger partial charge in [-0.1, -0.05) is 24.3 Å². The Bertz CT molecular complexity index is 3880. The Morgan fingerprint density at radius 3 is 1.43 bits per heavy atom. The molecule has 0 saturated heterocycles. The highest BCUT2D eigenvalue weighted by Gasteiger charge is 2.21. The number of ether oxygens (including phenoxy) is 2. The third-order valence-electron chi connectivity index (χ3n) is 11.2. The Labute approximate surface area is 441 Å². The van der Waals surface area contributed by atoms with Crippen LogP contribution in [0.25, 0.3) is 10.8 Å². The number of hydrogen-bond acceptors (Lipinski definition) is 20. The van der Waals surface area contributed by atoms with Gasteiger partial charge in [-0.25, -0.2) is 0 Å². The molecule has 0 aliphatic rings. The van der Waals surface area contributed by atoms with Gasteiger partial charge in [0.1, 0.15) is 39.1 Å². The zero-order chi connectivity index (χ0) is 55.7. The minimum atomic E-state index is -4.99. The first-order valence-electron chi connectivity index (χ1n) is 23.0. The Balaban J connectivity index is 1.16. The van der Waals surface area contributed by atoms with Gasteiger partial charge in [0.2, 0.25) is 0 Å². The number of phenols is 1. The van der Waals surface area contributed by atoms with Crippen LogP contribution in [0.3, 0.4) is 0 Å². The van der Waals surface area contributed by atoms with Crippen molar-refractivity contribution in [3.8, 4) is 17.2 Å². The number of aromatic hydroxyl groups is 1. The van der Waals surface area contributed by atoms with Gasteiger partial charge in [-0.05, 0) is 135 Å². The van der Waals surface area contributed by atoms with Crippen molar-refractivity contribution in [2.45, 2.75) is 45.4 Å². The van der Waals surface area contributed by atoms with Gasteiger partial charge in [-0.15, -0.1) is 20.5 Å². The number of anilines is 2. The average molecular weight is 1110 g/mol. The smallest absolute Gasteiger partial charge is 0.297 e. The highest BCUT2D eigenvalue weighted by molar-refractivity contribution is 7.86. The predicted octanol–water partition coefficient (Wildman–Crippen LogP) is 13.7. The summed E-state index contributed by atoms with van der Waals surface area (Å²) < 4.78 is 110. The van der Waals surface area contributed by atoms with E-state index in [4.69, 9.17) is 9.47 Å². The van der Waals surface area contributed by atoms with E-state index in [2.05, 4.69) is 46.2 Å². The Morgan fingerprint density at radius 1 is 0.506 bits per heavy atom. The lowest BCUT2D eigenvalue weighted by Crippen LogP contribution is -2.08. The molecule has 400 valence electrons. The number of nitrogens with one attached hydrogen (secondary N) is 1. The molecule has 0 heterocycles. The molecule has 0 bridgehead atoms. The van der Waals surface area contributed by atoms with Crippen LogP contribution in [0, 0.1) is 37.8 Å². The summed E-state index contributed by atoms with van der Waals surface area (Å²) in [7, 11) is -13.6. The largest absolute Gasteiger partial charge is 0.505 e. The Hall–Kier alpha value is -8.47. The van der Waals surface area contributed by atoms with Crippen LogP contribution in [0.1, 0.15) is 35.1 Å². The lowest BCUT2D eigenvalue weighted by molar-refractivity contribution is -0.385. The number of phenolic OH excluding ortho intramolecular Hbond substituents is 1. The van der Waals surface area contributed by atoms with Crippen LogP contribution in [0.2, 0.25) is 0 Å². The molecule has 7 aromatic carbocycles. The molecule has 24 nitrogen and oxygen atoms in total. The molecule has 0 aliphatic carbocycles. The van der Waals surface area contributed by atoms with Crippen molar-refractivity contribution < 1.29 is 58.4 Å². The SMILES string of the molecule is Cc1cc(N=Nc2ccc3cc(Nc4ccccc4)ccc3c2O)c(C)cc1N=Nc1cc(C)c(N=Nc2cc(C)c(N=Nc3ccc([N+](=O)[O-])cc3S(=O)(=O)O)cc2OCCCS(=O)(=O)O)cc1OCCCS(=O)(=O)O. The minimum absolute atomic E-state index is 0.0246. The number of rotatable bonds is 22. The van der Waals surface area contributed by atoms with Crippen LogP contribution in [0.15, 0.2) is 161 Å². The van der Waals surface area contributed by atoms with E-state index in [9.17, 15) is 54.1 Å². The van der Waals surface area contributed by atoms with E-state index in [-0.39, 0.29) is 71.7 Å². The number of benzene rings is 7. The molecular formula is C50H48N10O14S3. The number of para-hydroxylation sites is 1. The van der Waals surface area contributed by atoms with Gasteiger partial charge in [0.25, 0.3) is 36.0 Å². The predicted molar refractivity (Wildman–Crippen MR) is 286 cm³/mol. The van der Waals surface area contributed by atoms with E-state index >= 15 is 0 Å². The molecule has 0 unspecified atom stereocenters. The lowest BCUT2D eigenvalue weighted by atomic mass is 10.1. The first-order valence-corrected chi connectivity index (χ1v) is 27.6. The molecule has 0 amide bonds. The first-order chi connectivity index (χ1) is 36.4. The fraction of sp³-hybridized carbons (Fsp3) is 0.200. The van der Waals surface area contributed by atoms with Crippen molar-refractivity contribution in [2.24, 2.45) is 40.9 Å². The summed E-state index contributed by atoms with van der Waals surface area (Å²) in [5.74, 6) is -1.18. The van der Waals surface area contributed by atoms with E-state index in [0.29, 0.717) is 45.1 Å². The zero-order valence-electron chi connectivity index (χ0n) is 41.3. The normalized spacial score (nSPS) is 12.4. The standard InChI is InChI=1S/C50H48N10O14S3/c1-30-23-42(31(2)22-41(30)54-53-40-16-12-34-26-36(13-15-38(34)50(40)61)51-35-10-6-5-7-11-35)55-58-45-25-33(4)44(29-48(45)74-19-9-21-76(67,68)69)57-59-46-24-32(3)43(28-47(46)73-18-8-20-75(64,65)66)56-52-39-17-14-37(60(62)63)27-49(39)77(70,71)72/h5-7,10-17,22-29,51,61H,8-9,18-21H2,1-4H3,(H,64,65,66)(H,67,68,69)(H,70,71,72). The van der Waals surface area contributed by atoms with Crippen molar-refractivity contribution in [1.29, 1.82) is 0 Å². The lowest BCUT2D eigenvalue weighted by Gasteiger charge is -2.12. The topological polar surface area (TPSA) is 356 Å². The average Bonchev–Trinajstić information content (AvgIpc) is 3.36. The van der Waals surface area contributed by atoms with E-state index in [0.717, 1.165) is 28.9 Å². The van der Waals surface area contributed by atoms with Crippen LogP contribution in [-0.4, -0.2) is 73.7 Å². The molecule has 0 aliphatic heterocycles. The van der Waals surface area contributed by atoms with Crippen molar-refractivity contribution in [3.63, 3.8) is 0 Å². The van der Waals surface area contributed by atoms with Crippen LogP contribution >= 0.6 is 0 Å². The Kier molecular flexibility index (Phi) is 17.6. The summed E-state index contributed by atoms with van der Waals surface area (Å²) in [5, 5.41) is 61.7. The molecule has 0 spiro atoms. The van der Waals surface area contributed by atoms with Crippen LogP contribution in [0.4, 0.5) is 62.6 Å². The molecule has 5 N–H and O–H groups in total. The monoisotopic (exact) mass is 1110 g/mol. The van der Waals surface area contributed by atoms with Crippen molar-refractivity contribution >= 4 is 104 Å². The van der Waals surface area contributed by atoms with E-state index in [1.54, 1.807) is 58.0 Å². The second-order valence-electron chi connectivity index (χ2n) is 17.2. The molecule has 7 rings (SSSR count). The molecule has 0 radical (unpaired) electrons. The van der Waals surface area contributed by atoms with Crippen molar-refractivity contribution in [1.82, 2.24) is 0 Å². The van der Waals surface area contributed by atoms with Gasteiger partial charge in [-0.3, -0.25) is 23.8 Å².